The summed E-state index contributed by atoms with van der Waals surface area (Å²) in [5, 5.41) is 6.59. The van der Waals surface area contributed by atoms with Crippen molar-refractivity contribution in [2.45, 2.75) is 51.1 Å². The van der Waals surface area contributed by atoms with E-state index < -0.39 is 17.2 Å². The highest BCUT2D eigenvalue weighted by atomic mass is 32.2. The van der Waals surface area contributed by atoms with E-state index in [0.29, 0.717) is 27.8 Å². The summed E-state index contributed by atoms with van der Waals surface area (Å²) in [6.45, 7) is 8.47. The summed E-state index contributed by atoms with van der Waals surface area (Å²) >= 11 is 4.21. The standard InChI is InChI=1S/C21H26N4O3S3/c1-11(2)7-8-25-19(27)15-13(14-6-5-9-29-14)10-30-18(15)24-21(25)31-16(12(3)4)17(26)23-20(22)28/h5-6,9-12,16H,7-8H2,1-4H3,(H3,22,23,26,28)/t16-/m0/s1. The molecule has 0 aliphatic heterocycles. The van der Waals surface area contributed by atoms with Gasteiger partial charge in [-0.3, -0.25) is 19.5 Å². The molecule has 1 atom stereocenters. The van der Waals surface area contributed by atoms with Crippen molar-refractivity contribution in [1.29, 1.82) is 0 Å². The Labute approximate surface area is 193 Å². The van der Waals surface area contributed by atoms with Gasteiger partial charge in [0, 0.05) is 22.4 Å². The van der Waals surface area contributed by atoms with E-state index in [1.165, 1.54) is 23.1 Å². The molecule has 0 fully saturated rings. The molecule has 3 heterocycles. The lowest BCUT2D eigenvalue weighted by molar-refractivity contribution is -0.120. The van der Waals surface area contributed by atoms with Crippen molar-refractivity contribution in [1.82, 2.24) is 14.9 Å². The van der Waals surface area contributed by atoms with Gasteiger partial charge in [-0.05, 0) is 29.7 Å². The highest BCUT2D eigenvalue weighted by Crippen LogP contribution is 2.35. The van der Waals surface area contributed by atoms with Crippen molar-refractivity contribution < 1.29 is 9.59 Å². The fourth-order valence-corrected chi connectivity index (χ4v) is 6.01. The van der Waals surface area contributed by atoms with E-state index in [4.69, 9.17) is 10.7 Å². The predicted molar refractivity (Wildman–Crippen MR) is 129 cm³/mol. The number of hydrogen-bond donors (Lipinski definition) is 2. The van der Waals surface area contributed by atoms with E-state index >= 15 is 0 Å². The van der Waals surface area contributed by atoms with E-state index in [0.717, 1.165) is 16.9 Å². The maximum absolute atomic E-state index is 13.6. The molecule has 0 unspecified atom stereocenters. The number of hydrogen-bond acceptors (Lipinski definition) is 7. The van der Waals surface area contributed by atoms with Gasteiger partial charge in [0.1, 0.15) is 4.83 Å². The second-order valence-electron chi connectivity index (χ2n) is 7.98. The molecule has 0 spiro atoms. The first-order valence-corrected chi connectivity index (χ1v) is 12.7. The summed E-state index contributed by atoms with van der Waals surface area (Å²) in [4.78, 5) is 43.8. The quantitative estimate of drug-likeness (QED) is 0.365. The number of thiophene rings is 2. The molecular weight excluding hydrogens is 452 g/mol. The monoisotopic (exact) mass is 478 g/mol. The topological polar surface area (TPSA) is 107 Å². The second kappa shape index (κ2) is 9.97. The Morgan fingerprint density at radius 2 is 2.00 bits per heavy atom. The summed E-state index contributed by atoms with van der Waals surface area (Å²) in [5.41, 5.74) is 5.93. The van der Waals surface area contributed by atoms with Crippen molar-refractivity contribution in [2.75, 3.05) is 0 Å². The number of nitrogens with zero attached hydrogens (tertiary/aromatic N) is 2. The SMILES string of the molecule is CC(C)CCn1c(S[C@H](C(=O)NC(N)=O)C(C)C)nc2scc(-c3cccs3)c2c1=O. The predicted octanol–water partition coefficient (Wildman–Crippen LogP) is 4.54. The minimum Gasteiger partial charge on any atom is -0.351 e. The Balaban J connectivity index is 2.11. The van der Waals surface area contributed by atoms with Gasteiger partial charge in [0.15, 0.2) is 5.16 Å². The molecule has 0 saturated heterocycles. The molecule has 0 bridgehead atoms. The second-order valence-corrected chi connectivity index (χ2v) is 10.9. The van der Waals surface area contributed by atoms with Crippen LogP contribution in [0.15, 0.2) is 32.8 Å². The number of fused-ring (bicyclic) bond motifs is 1. The van der Waals surface area contributed by atoms with Gasteiger partial charge < -0.3 is 5.73 Å². The van der Waals surface area contributed by atoms with Crippen LogP contribution in [-0.4, -0.2) is 26.7 Å². The first-order valence-electron chi connectivity index (χ1n) is 10.0. The number of carbonyl (C=O) groups excluding carboxylic acids is 2. The van der Waals surface area contributed by atoms with Gasteiger partial charge in [-0.2, -0.15) is 0 Å². The molecule has 0 aliphatic carbocycles. The van der Waals surface area contributed by atoms with E-state index in [1.807, 2.05) is 36.7 Å². The Bertz CT molecular complexity index is 1130. The van der Waals surface area contributed by atoms with Crippen LogP contribution in [0.1, 0.15) is 34.1 Å². The summed E-state index contributed by atoms with van der Waals surface area (Å²) in [6, 6.07) is 3.06. The first-order chi connectivity index (χ1) is 14.7. The molecule has 10 heteroatoms. The third-order valence-electron chi connectivity index (χ3n) is 4.72. The largest absolute Gasteiger partial charge is 0.351 e. The van der Waals surface area contributed by atoms with Gasteiger partial charge in [-0.15, -0.1) is 22.7 Å². The lowest BCUT2D eigenvalue weighted by atomic mass is 10.1. The normalized spacial score (nSPS) is 12.6. The number of amides is 3. The summed E-state index contributed by atoms with van der Waals surface area (Å²) in [6.07, 6.45) is 0.805. The third kappa shape index (κ3) is 5.36. The van der Waals surface area contributed by atoms with Crippen molar-refractivity contribution >= 4 is 56.6 Å². The highest BCUT2D eigenvalue weighted by molar-refractivity contribution is 8.00. The van der Waals surface area contributed by atoms with Crippen LogP contribution >= 0.6 is 34.4 Å². The molecule has 3 amide bonds. The van der Waals surface area contributed by atoms with Gasteiger partial charge in [0.2, 0.25) is 5.91 Å². The van der Waals surface area contributed by atoms with Crippen LogP contribution in [0, 0.1) is 11.8 Å². The van der Waals surface area contributed by atoms with Gasteiger partial charge >= 0.3 is 6.03 Å². The van der Waals surface area contributed by atoms with Crippen LogP contribution in [-0.2, 0) is 11.3 Å². The average molecular weight is 479 g/mol. The van der Waals surface area contributed by atoms with Crippen LogP contribution in [0.2, 0.25) is 0 Å². The highest BCUT2D eigenvalue weighted by Gasteiger charge is 2.28. The van der Waals surface area contributed by atoms with Crippen molar-refractivity contribution in [3.05, 3.63) is 33.2 Å². The minimum absolute atomic E-state index is 0.0967. The maximum atomic E-state index is 13.6. The Hall–Kier alpha value is -2.17. The Kier molecular flexibility index (Phi) is 7.55. The molecule has 0 aromatic carbocycles. The average Bonchev–Trinajstić information content (AvgIpc) is 3.33. The molecule has 3 aromatic heterocycles. The van der Waals surface area contributed by atoms with Crippen LogP contribution in [0.3, 0.4) is 0 Å². The van der Waals surface area contributed by atoms with Crippen molar-refractivity contribution in [3.8, 4) is 10.4 Å². The molecule has 3 aromatic rings. The van der Waals surface area contributed by atoms with Crippen molar-refractivity contribution in [3.63, 3.8) is 0 Å². The van der Waals surface area contributed by atoms with Crippen LogP contribution in [0.5, 0.6) is 0 Å². The van der Waals surface area contributed by atoms with Gasteiger partial charge in [-0.1, -0.05) is 45.5 Å². The number of rotatable bonds is 8. The zero-order chi connectivity index (χ0) is 22.7. The maximum Gasteiger partial charge on any atom is 0.318 e. The lowest BCUT2D eigenvalue weighted by Crippen LogP contribution is -2.42. The Morgan fingerprint density at radius 1 is 1.26 bits per heavy atom. The van der Waals surface area contributed by atoms with Crippen LogP contribution in [0.25, 0.3) is 20.7 Å². The molecule has 7 nitrogen and oxygen atoms in total. The zero-order valence-corrected chi connectivity index (χ0v) is 20.3. The minimum atomic E-state index is -0.893. The molecule has 0 aliphatic rings. The van der Waals surface area contributed by atoms with E-state index in [-0.39, 0.29) is 11.5 Å². The van der Waals surface area contributed by atoms with E-state index in [1.54, 1.807) is 15.9 Å². The molecule has 166 valence electrons. The number of imide groups is 1. The number of aromatic nitrogens is 2. The van der Waals surface area contributed by atoms with Crippen LogP contribution in [0.4, 0.5) is 4.79 Å². The van der Waals surface area contributed by atoms with Gasteiger partial charge in [0.25, 0.3) is 5.56 Å². The molecular formula is C21H26N4O3S3. The summed E-state index contributed by atoms with van der Waals surface area (Å²) in [5.74, 6) is -0.179. The summed E-state index contributed by atoms with van der Waals surface area (Å²) < 4.78 is 1.67. The number of nitrogens with two attached hydrogens (primary N) is 1. The third-order valence-corrected chi connectivity index (χ3v) is 8.03. The number of nitrogens with one attached hydrogen (secondary N) is 1. The number of primary amides is 1. The fraction of sp³-hybridized carbons (Fsp3) is 0.429. The molecule has 31 heavy (non-hydrogen) atoms. The molecule has 0 saturated carbocycles. The number of carbonyl (C=O) groups is 2. The number of thioether (sulfide) groups is 1. The van der Waals surface area contributed by atoms with Gasteiger partial charge in [-0.25, -0.2) is 9.78 Å². The lowest BCUT2D eigenvalue weighted by Gasteiger charge is -2.21. The molecule has 3 rings (SSSR count). The van der Waals surface area contributed by atoms with E-state index in [9.17, 15) is 14.4 Å². The van der Waals surface area contributed by atoms with Gasteiger partial charge in [0.05, 0.1) is 10.6 Å². The van der Waals surface area contributed by atoms with Crippen LogP contribution < -0.4 is 16.6 Å². The summed E-state index contributed by atoms with van der Waals surface area (Å²) in [7, 11) is 0. The molecule has 3 N–H and O–H groups in total. The number of urea groups is 1. The fourth-order valence-electron chi connectivity index (χ4n) is 3.09. The molecule has 0 radical (unpaired) electrons. The smallest absolute Gasteiger partial charge is 0.318 e. The first kappa shape index (κ1) is 23.5. The van der Waals surface area contributed by atoms with E-state index in [2.05, 4.69) is 19.2 Å². The van der Waals surface area contributed by atoms with Crippen molar-refractivity contribution in [2.24, 2.45) is 17.6 Å². The Morgan fingerprint density at radius 3 is 2.58 bits per heavy atom. The zero-order valence-electron chi connectivity index (χ0n) is 17.9.